The number of quaternary nitrogens is 2. The summed E-state index contributed by atoms with van der Waals surface area (Å²) in [5.41, 5.74) is 1.23. The quantitative estimate of drug-likeness (QED) is 0.820. The van der Waals surface area contributed by atoms with E-state index in [0.717, 1.165) is 23.9 Å². The Kier molecular flexibility index (Phi) is 6.13. The third-order valence-electron chi connectivity index (χ3n) is 4.63. The van der Waals surface area contributed by atoms with Crippen molar-refractivity contribution in [3.63, 3.8) is 0 Å². The Labute approximate surface area is 140 Å². The number of rotatable bonds is 5. The van der Waals surface area contributed by atoms with Gasteiger partial charge in [-0.2, -0.15) is 0 Å². The van der Waals surface area contributed by atoms with Crippen molar-refractivity contribution in [3.05, 3.63) is 28.8 Å². The van der Waals surface area contributed by atoms with Gasteiger partial charge in [0.05, 0.1) is 6.54 Å². The fourth-order valence-corrected chi connectivity index (χ4v) is 3.25. The largest absolute Gasteiger partial charge is 0.487 e. The Morgan fingerprint density at radius 3 is 2.32 bits per heavy atom. The Morgan fingerprint density at radius 2 is 1.73 bits per heavy atom. The highest BCUT2D eigenvalue weighted by molar-refractivity contribution is 6.30. The first-order chi connectivity index (χ1) is 10.4. The molecule has 0 radical (unpaired) electrons. The van der Waals surface area contributed by atoms with E-state index in [1.807, 2.05) is 18.2 Å². The maximum absolute atomic E-state index is 6.14. The van der Waals surface area contributed by atoms with Crippen molar-refractivity contribution < 1.29 is 14.5 Å². The monoisotopic (exact) mass is 326 g/mol. The summed E-state index contributed by atoms with van der Waals surface area (Å²) in [5, 5.41) is 0.779. The lowest BCUT2D eigenvalue weighted by Gasteiger charge is -2.29. The first-order valence-electron chi connectivity index (χ1n) is 8.50. The van der Waals surface area contributed by atoms with Gasteiger partial charge in [-0.05, 0) is 30.5 Å². The number of likely N-dealkylation sites (N-methyl/N-ethyl adjacent to an activating group) is 1. The second kappa shape index (κ2) is 7.67. The van der Waals surface area contributed by atoms with Crippen LogP contribution in [-0.2, 0) is 5.41 Å². The molecule has 0 aromatic heterocycles. The van der Waals surface area contributed by atoms with Crippen LogP contribution in [0.2, 0.25) is 5.02 Å². The van der Waals surface area contributed by atoms with Crippen LogP contribution < -0.4 is 14.5 Å². The molecule has 1 aromatic rings. The molecule has 1 fully saturated rings. The first kappa shape index (κ1) is 17.6. The van der Waals surface area contributed by atoms with Crippen LogP contribution >= 0.6 is 11.6 Å². The van der Waals surface area contributed by atoms with Crippen LogP contribution in [0.15, 0.2) is 18.2 Å². The molecular weight excluding hydrogens is 296 g/mol. The Bertz CT molecular complexity index is 476. The molecule has 0 unspecified atom stereocenters. The van der Waals surface area contributed by atoms with E-state index in [4.69, 9.17) is 16.3 Å². The third kappa shape index (κ3) is 4.87. The summed E-state index contributed by atoms with van der Waals surface area (Å²) in [6.45, 7) is 17.1. The Morgan fingerprint density at radius 1 is 1.09 bits per heavy atom. The normalized spacial score (nSPS) is 22.6. The molecule has 22 heavy (non-hydrogen) atoms. The van der Waals surface area contributed by atoms with Crippen LogP contribution in [0.25, 0.3) is 0 Å². The molecule has 4 heteroatoms. The zero-order valence-corrected chi connectivity index (χ0v) is 15.2. The van der Waals surface area contributed by atoms with Gasteiger partial charge >= 0.3 is 0 Å². The van der Waals surface area contributed by atoms with Gasteiger partial charge in [0.2, 0.25) is 0 Å². The van der Waals surface area contributed by atoms with Crippen molar-refractivity contribution in [2.45, 2.75) is 33.1 Å². The average Bonchev–Trinajstić information content (AvgIpc) is 2.48. The summed E-state index contributed by atoms with van der Waals surface area (Å²) in [7, 11) is 0. The van der Waals surface area contributed by atoms with Crippen LogP contribution in [-0.4, -0.2) is 45.9 Å². The van der Waals surface area contributed by atoms with Crippen molar-refractivity contribution in [1.29, 1.82) is 0 Å². The van der Waals surface area contributed by atoms with E-state index in [1.54, 1.807) is 9.80 Å². The number of benzene rings is 1. The molecule has 1 aliphatic heterocycles. The van der Waals surface area contributed by atoms with Gasteiger partial charge in [0.25, 0.3) is 0 Å². The van der Waals surface area contributed by atoms with E-state index in [-0.39, 0.29) is 5.41 Å². The van der Waals surface area contributed by atoms with Gasteiger partial charge in [0.1, 0.15) is 45.1 Å². The molecule has 0 amide bonds. The Hall–Kier alpha value is -0.770. The fourth-order valence-electron chi connectivity index (χ4n) is 3.08. The second-order valence-electron chi connectivity index (χ2n) is 7.34. The van der Waals surface area contributed by atoms with Gasteiger partial charge in [-0.25, -0.2) is 0 Å². The minimum Gasteiger partial charge on any atom is -0.487 e. The lowest BCUT2D eigenvalue weighted by Crippen LogP contribution is -3.28. The minimum atomic E-state index is 0.0448. The van der Waals surface area contributed by atoms with Gasteiger partial charge in [-0.1, -0.05) is 32.4 Å². The predicted molar refractivity (Wildman–Crippen MR) is 92.4 cm³/mol. The summed E-state index contributed by atoms with van der Waals surface area (Å²) >= 11 is 6.14. The molecular formula is C18H31ClN2O+2. The molecule has 1 saturated heterocycles. The molecule has 0 bridgehead atoms. The number of hydrogen-bond donors (Lipinski definition) is 2. The molecule has 1 heterocycles. The smallest absolute Gasteiger partial charge is 0.137 e. The zero-order chi connectivity index (χ0) is 16.2. The summed E-state index contributed by atoms with van der Waals surface area (Å²) < 4.78 is 6.09. The van der Waals surface area contributed by atoms with Crippen molar-refractivity contribution in [1.82, 2.24) is 0 Å². The van der Waals surface area contributed by atoms with Gasteiger partial charge < -0.3 is 14.5 Å². The predicted octanol–water partition coefficient (Wildman–Crippen LogP) is 0.820. The van der Waals surface area contributed by atoms with Gasteiger partial charge in [-0.3, -0.25) is 0 Å². The maximum Gasteiger partial charge on any atom is 0.137 e. The topological polar surface area (TPSA) is 18.1 Å². The lowest BCUT2D eigenvalue weighted by molar-refractivity contribution is -1.01. The van der Waals surface area contributed by atoms with Gasteiger partial charge in [0.15, 0.2) is 0 Å². The standard InChI is InChI=1S/C18H29ClN2O/c1-5-20-8-10-21(11-9-20)12-13-22-17-7-6-15(19)14-16(17)18(2,3)4/h6-7,14H,5,8-13H2,1-4H3/p+2. The summed E-state index contributed by atoms with van der Waals surface area (Å²) in [6, 6.07) is 5.97. The zero-order valence-electron chi connectivity index (χ0n) is 14.5. The fraction of sp³-hybridized carbons (Fsp3) is 0.667. The SMILES string of the molecule is CC[NH+]1CC[NH+](CCOc2ccc(Cl)cc2C(C)(C)C)CC1. The average molecular weight is 327 g/mol. The van der Waals surface area contributed by atoms with E-state index in [2.05, 4.69) is 27.7 Å². The van der Waals surface area contributed by atoms with Crippen molar-refractivity contribution in [2.24, 2.45) is 0 Å². The molecule has 2 rings (SSSR count). The van der Waals surface area contributed by atoms with E-state index >= 15 is 0 Å². The van der Waals surface area contributed by atoms with Gasteiger partial charge in [-0.15, -0.1) is 0 Å². The van der Waals surface area contributed by atoms with Gasteiger partial charge in [0, 0.05) is 10.6 Å². The summed E-state index contributed by atoms with van der Waals surface area (Å²) in [5.74, 6) is 0.981. The van der Waals surface area contributed by atoms with E-state index in [9.17, 15) is 0 Å². The lowest BCUT2D eigenvalue weighted by atomic mass is 9.86. The highest BCUT2D eigenvalue weighted by Gasteiger charge is 2.22. The Balaban J connectivity index is 1.87. The maximum atomic E-state index is 6.14. The number of halogens is 1. The van der Waals surface area contributed by atoms with Crippen molar-refractivity contribution in [3.8, 4) is 5.75 Å². The van der Waals surface area contributed by atoms with Crippen LogP contribution in [0.3, 0.4) is 0 Å². The first-order valence-corrected chi connectivity index (χ1v) is 8.88. The number of nitrogens with one attached hydrogen (secondary N) is 2. The van der Waals surface area contributed by atoms with Crippen LogP contribution in [0.5, 0.6) is 5.75 Å². The molecule has 124 valence electrons. The minimum absolute atomic E-state index is 0.0448. The highest BCUT2D eigenvalue weighted by Crippen LogP contribution is 2.33. The van der Waals surface area contributed by atoms with Crippen molar-refractivity contribution in [2.75, 3.05) is 45.9 Å². The summed E-state index contributed by atoms with van der Waals surface area (Å²) in [4.78, 5) is 3.40. The molecule has 1 aliphatic rings. The van der Waals surface area contributed by atoms with E-state index in [1.165, 1.54) is 38.3 Å². The molecule has 0 saturated carbocycles. The molecule has 0 spiro atoms. The van der Waals surface area contributed by atoms with Crippen LogP contribution in [0, 0.1) is 0 Å². The molecule has 0 atom stereocenters. The molecule has 0 aliphatic carbocycles. The molecule has 1 aromatic carbocycles. The number of ether oxygens (including phenoxy) is 1. The molecule has 2 N–H and O–H groups in total. The van der Waals surface area contributed by atoms with E-state index < -0.39 is 0 Å². The highest BCUT2D eigenvalue weighted by atomic mass is 35.5. The number of piperazine rings is 1. The number of hydrogen-bond acceptors (Lipinski definition) is 1. The van der Waals surface area contributed by atoms with Crippen molar-refractivity contribution >= 4 is 11.6 Å². The van der Waals surface area contributed by atoms with Crippen LogP contribution in [0.4, 0.5) is 0 Å². The second-order valence-corrected chi connectivity index (χ2v) is 7.78. The molecule has 3 nitrogen and oxygen atoms in total. The third-order valence-corrected chi connectivity index (χ3v) is 4.86. The summed E-state index contributed by atoms with van der Waals surface area (Å²) in [6.07, 6.45) is 0. The van der Waals surface area contributed by atoms with Crippen LogP contribution in [0.1, 0.15) is 33.3 Å². The van der Waals surface area contributed by atoms with E-state index in [0.29, 0.717) is 0 Å².